The van der Waals surface area contributed by atoms with Crippen molar-refractivity contribution in [3.63, 3.8) is 0 Å². The largest absolute Gasteiger partial charge is 0.484 e. The standard InChI is InChI=1S/C21H27N3O2/c1-17-3-4-20(15-18(17)2)26-16-21(25)24-13-11-23(12-14-24)10-7-19-5-8-22-9-6-19/h3-6,8-9,15H,7,10-14,16H2,1-2H3. The molecule has 5 heteroatoms. The zero-order chi connectivity index (χ0) is 18.4. The Morgan fingerprint density at radius 2 is 1.77 bits per heavy atom. The SMILES string of the molecule is Cc1ccc(OCC(=O)N2CCN(CCc3ccncc3)CC2)cc1C. The second-order valence-electron chi connectivity index (χ2n) is 6.86. The Bertz CT molecular complexity index is 725. The number of nitrogens with zero attached hydrogens (tertiary/aromatic N) is 3. The van der Waals surface area contributed by atoms with Gasteiger partial charge in [0.25, 0.3) is 5.91 Å². The summed E-state index contributed by atoms with van der Waals surface area (Å²) >= 11 is 0. The van der Waals surface area contributed by atoms with Gasteiger partial charge in [-0.2, -0.15) is 0 Å². The summed E-state index contributed by atoms with van der Waals surface area (Å²) < 4.78 is 5.68. The maximum atomic E-state index is 12.4. The second-order valence-corrected chi connectivity index (χ2v) is 6.86. The van der Waals surface area contributed by atoms with Crippen LogP contribution in [0.25, 0.3) is 0 Å². The second kappa shape index (κ2) is 8.81. The van der Waals surface area contributed by atoms with Crippen molar-refractivity contribution in [2.45, 2.75) is 20.3 Å². The molecule has 1 aliphatic heterocycles. The minimum absolute atomic E-state index is 0.0667. The van der Waals surface area contributed by atoms with Gasteiger partial charge in [0.1, 0.15) is 5.75 Å². The Hall–Kier alpha value is -2.40. The van der Waals surface area contributed by atoms with E-state index in [0.717, 1.165) is 44.9 Å². The van der Waals surface area contributed by atoms with Crippen LogP contribution in [0.4, 0.5) is 0 Å². The van der Waals surface area contributed by atoms with Crippen molar-refractivity contribution in [3.05, 3.63) is 59.4 Å². The first-order valence-corrected chi connectivity index (χ1v) is 9.21. The molecule has 3 rings (SSSR count). The first kappa shape index (κ1) is 18.4. The maximum absolute atomic E-state index is 12.4. The van der Waals surface area contributed by atoms with Crippen LogP contribution < -0.4 is 4.74 Å². The molecule has 5 nitrogen and oxygen atoms in total. The molecular formula is C21H27N3O2. The number of amides is 1. The van der Waals surface area contributed by atoms with Gasteiger partial charge in [-0.1, -0.05) is 6.07 Å². The molecular weight excluding hydrogens is 326 g/mol. The summed E-state index contributed by atoms with van der Waals surface area (Å²) in [5.41, 5.74) is 3.71. The number of ether oxygens (including phenoxy) is 1. The average molecular weight is 353 g/mol. The van der Waals surface area contributed by atoms with Crippen LogP contribution in [0.3, 0.4) is 0 Å². The van der Waals surface area contributed by atoms with E-state index in [-0.39, 0.29) is 12.5 Å². The Balaban J connectivity index is 1.39. The Kier molecular flexibility index (Phi) is 6.23. The molecule has 26 heavy (non-hydrogen) atoms. The molecule has 1 aromatic heterocycles. The fourth-order valence-corrected chi connectivity index (χ4v) is 3.10. The molecule has 0 saturated carbocycles. The number of carbonyl (C=O) groups excluding carboxylic acids is 1. The van der Waals surface area contributed by atoms with E-state index in [4.69, 9.17) is 4.74 Å². The number of pyridine rings is 1. The molecule has 1 aliphatic rings. The van der Waals surface area contributed by atoms with Gasteiger partial charge in [0.15, 0.2) is 6.61 Å². The van der Waals surface area contributed by atoms with Gasteiger partial charge in [0.05, 0.1) is 0 Å². The first-order valence-electron chi connectivity index (χ1n) is 9.21. The van der Waals surface area contributed by atoms with Crippen LogP contribution in [0.2, 0.25) is 0 Å². The molecule has 0 atom stereocenters. The molecule has 0 spiro atoms. The minimum Gasteiger partial charge on any atom is -0.484 e. The summed E-state index contributed by atoms with van der Waals surface area (Å²) in [6.07, 6.45) is 4.69. The fraction of sp³-hybridized carbons (Fsp3) is 0.429. The Morgan fingerprint density at radius 3 is 2.46 bits per heavy atom. The highest BCUT2D eigenvalue weighted by atomic mass is 16.5. The number of piperazine rings is 1. The highest BCUT2D eigenvalue weighted by Gasteiger charge is 2.21. The van der Waals surface area contributed by atoms with Crippen molar-refractivity contribution >= 4 is 5.91 Å². The summed E-state index contributed by atoms with van der Waals surface area (Å²) in [5.74, 6) is 0.828. The lowest BCUT2D eigenvalue weighted by Gasteiger charge is -2.34. The summed E-state index contributed by atoms with van der Waals surface area (Å²) in [5, 5.41) is 0. The normalized spacial score (nSPS) is 15.1. The lowest BCUT2D eigenvalue weighted by Crippen LogP contribution is -2.50. The van der Waals surface area contributed by atoms with Crippen LogP contribution in [0, 0.1) is 13.8 Å². The first-order chi connectivity index (χ1) is 12.6. The Labute approximate surface area is 155 Å². The van der Waals surface area contributed by atoms with E-state index in [0.29, 0.717) is 0 Å². The topological polar surface area (TPSA) is 45.7 Å². The molecule has 0 radical (unpaired) electrons. The number of aromatic nitrogens is 1. The lowest BCUT2D eigenvalue weighted by atomic mass is 10.1. The van der Waals surface area contributed by atoms with E-state index in [9.17, 15) is 4.79 Å². The van der Waals surface area contributed by atoms with Gasteiger partial charge in [0, 0.05) is 45.1 Å². The van der Waals surface area contributed by atoms with Gasteiger partial charge in [-0.15, -0.1) is 0 Å². The van der Waals surface area contributed by atoms with E-state index < -0.39 is 0 Å². The third-order valence-electron chi connectivity index (χ3n) is 5.03. The zero-order valence-electron chi connectivity index (χ0n) is 15.6. The number of aryl methyl sites for hydroxylation is 2. The van der Waals surface area contributed by atoms with Crippen molar-refractivity contribution in [1.82, 2.24) is 14.8 Å². The number of hydrogen-bond donors (Lipinski definition) is 0. The van der Waals surface area contributed by atoms with Gasteiger partial charge >= 0.3 is 0 Å². The van der Waals surface area contributed by atoms with Crippen LogP contribution in [-0.4, -0.2) is 60.0 Å². The smallest absolute Gasteiger partial charge is 0.260 e. The molecule has 2 heterocycles. The van der Waals surface area contributed by atoms with Crippen molar-refractivity contribution in [2.75, 3.05) is 39.3 Å². The average Bonchev–Trinajstić information content (AvgIpc) is 2.68. The van der Waals surface area contributed by atoms with E-state index in [1.165, 1.54) is 16.7 Å². The van der Waals surface area contributed by atoms with Crippen molar-refractivity contribution in [3.8, 4) is 5.75 Å². The van der Waals surface area contributed by atoms with Gasteiger partial charge in [0.2, 0.25) is 0 Å². The highest BCUT2D eigenvalue weighted by Crippen LogP contribution is 2.16. The third-order valence-corrected chi connectivity index (χ3v) is 5.03. The molecule has 2 aromatic rings. The van der Waals surface area contributed by atoms with E-state index in [1.54, 1.807) is 0 Å². The summed E-state index contributed by atoms with van der Waals surface area (Å²) in [6.45, 7) is 8.62. The number of carbonyl (C=O) groups is 1. The molecule has 0 aliphatic carbocycles. The third kappa shape index (κ3) is 5.05. The predicted molar refractivity (Wildman–Crippen MR) is 102 cm³/mol. The van der Waals surface area contributed by atoms with Gasteiger partial charge in [-0.25, -0.2) is 0 Å². The fourth-order valence-electron chi connectivity index (χ4n) is 3.10. The van der Waals surface area contributed by atoms with Crippen molar-refractivity contribution in [1.29, 1.82) is 0 Å². The van der Waals surface area contributed by atoms with Crippen LogP contribution in [0.15, 0.2) is 42.7 Å². The Morgan fingerprint density at radius 1 is 1.04 bits per heavy atom. The van der Waals surface area contributed by atoms with Crippen LogP contribution >= 0.6 is 0 Å². The highest BCUT2D eigenvalue weighted by molar-refractivity contribution is 5.77. The molecule has 1 amide bonds. The molecule has 1 saturated heterocycles. The number of hydrogen-bond acceptors (Lipinski definition) is 4. The molecule has 1 fully saturated rings. The van der Waals surface area contributed by atoms with Gasteiger partial charge in [-0.05, 0) is 61.2 Å². The molecule has 0 unspecified atom stereocenters. The lowest BCUT2D eigenvalue weighted by molar-refractivity contribution is -0.135. The van der Waals surface area contributed by atoms with E-state index >= 15 is 0 Å². The zero-order valence-corrected chi connectivity index (χ0v) is 15.6. The van der Waals surface area contributed by atoms with Crippen LogP contribution in [0.5, 0.6) is 5.75 Å². The molecule has 1 aromatic carbocycles. The van der Waals surface area contributed by atoms with Gasteiger partial charge < -0.3 is 9.64 Å². The van der Waals surface area contributed by atoms with Crippen LogP contribution in [-0.2, 0) is 11.2 Å². The van der Waals surface area contributed by atoms with Crippen molar-refractivity contribution in [2.24, 2.45) is 0 Å². The molecule has 0 bridgehead atoms. The monoisotopic (exact) mass is 353 g/mol. The number of rotatable bonds is 6. The summed E-state index contributed by atoms with van der Waals surface area (Å²) in [4.78, 5) is 20.8. The summed E-state index contributed by atoms with van der Waals surface area (Å²) in [7, 11) is 0. The summed E-state index contributed by atoms with van der Waals surface area (Å²) in [6, 6.07) is 10.1. The predicted octanol–water partition coefficient (Wildman–Crippen LogP) is 2.46. The molecule has 0 N–H and O–H groups in total. The molecule has 138 valence electrons. The van der Waals surface area contributed by atoms with Crippen molar-refractivity contribution < 1.29 is 9.53 Å². The van der Waals surface area contributed by atoms with Crippen LogP contribution in [0.1, 0.15) is 16.7 Å². The van der Waals surface area contributed by atoms with E-state index in [2.05, 4.69) is 35.9 Å². The quantitative estimate of drug-likeness (QED) is 0.800. The van der Waals surface area contributed by atoms with Gasteiger partial charge in [-0.3, -0.25) is 14.7 Å². The number of benzene rings is 1. The van der Waals surface area contributed by atoms with E-state index in [1.807, 2.05) is 35.5 Å². The maximum Gasteiger partial charge on any atom is 0.260 e. The minimum atomic E-state index is 0.0667.